The number of likely N-dealkylation sites (tertiary alicyclic amines) is 1. The number of hydrogen-bond donors (Lipinski definition) is 3. The zero-order valence-corrected chi connectivity index (χ0v) is 21.9. The highest BCUT2D eigenvalue weighted by molar-refractivity contribution is 6.05. The summed E-state index contributed by atoms with van der Waals surface area (Å²) in [5, 5.41) is 13.0. The van der Waals surface area contributed by atoms with Gasteiger partial charge in [-0.2, -0.15) is 13.2 Å². The fourth-order valence-corrected chi connectivity index (χ4v) is 3.93. The Morgan fingerprint density at radius 2 is 1.82 bits per heavy atom. The van der Waals surface area contributed by atoms with Crippen molar-refractivity contribution in [3.63, 3.8) is 0 Å². The summed E-state index contributed by atoms with van der Waals surface area (Å²) in [7, 11) is 3.44. The van der Waals surface area contributed by atoms with Crippen molar-refractivity contribution in [1.29, 1.82) is 5.41 Å². The van der Waals surface area contributed by atoms with E-state index in [1.807, 2.05) is 33.9 Å². The lowest BCUT2D eigenvalue weighted by molar-refractivity contribution is -0.0589. The molecule has 1 saturated heterocycles. The molecule has 38 heavy (non-hydrogen) atoms. The monoisotopic (exact) mass is 528 g/mol. The highest BCUT2D eigenvalue weighted by Crippen LogP contribution is 2.31. The number of likely N-dealkylation sites (N-methyl/N-ethyl adjacent to an activating group) is 1. The maximum atomic E-state index is 12.9. The van der Waals surface area contributed by atoms with E-state index >= 15 is 0 Å². The molecular formula is C27H31F3N6O2. The average Bonchev–Trinajstić information content (AvgIpc) is 2.88. The first-order valence-corrected chi connectivity index (χ1v) is 12.1. The summed E-state index contributed by atoms with van der Waals surface area (Å²) in [6.07, 6.45) is -2.13. The van der Waals surface area contributed by atoms with Crippen LogP contribution in [0.1, 0.15) is 35.5 Å². The number of ether oxygens (including phenoxy) is 1. The second kappa shape index (κ2) is 12.0. The molecule has 3 aromatic rings. The number of alkyl halides is 3. The molecule has 11 heteroatoms. The van der Waals surface area contributed by atoms with Gasteiger partial charge in [-0.25, -0.2) is 4.98 Å². The molecule has 202 valence electrons. The van der Waals surface area contributed by atoms with Gasteiger partial charge in [0.15, 0.2) is 5.71 Å². The zero-order valence-electron chi connectivity index (χ0n) is 21.9. The highest BCUT2D eigenvalue weighted by Gasteiger charge is 2.37. The normalized spacial score (nSPS) is 13.6. The molecule has 0 aliphatic carbocycles. The summed E-state index contributed by atoms with van der Waals surface area (Å²) in [4.78, 5) is 22.9. The molecule has 1 fully saturated rings. The zero-order chi connectivity index (χ0) is 28.0. The summed E-state index contributed by atoms with van der Waals surface area (Å²) < 4.78 is 44.6. The number of amides is 1. The number of anilines is 1. The van der Waals surface area contributed by atoms with Crippen molar-refractivity contribution >= 4 is 17.3 Å². The van der Waals surface area contributed by atoms with Gasteiger partial charge in [0.2, 0.25) is 0 Å². The predicted octanol–water partition coefficient (Wildman–Crippen LogP) is 5.29. The number of pyridine rings is 2. The first-order chi connectivity index (χ1) is 18.0. The summed E-state index contributed by atoms with van der Waals surface area (Å²) in [5.74, 6) is 0.480. The predicted molar refractivity (Wildman–Crippen MR) is 141 cm³/mol. The van der Waals surface area contributed by atoms with E-state index in [1.165, 1.54) is 13.1 Å². The largest absolute Gasteiger partial charge is 0.456 e. The fraction of sp³-hybridized carbons (Fsp3) is 0.333. The number of nitrogens with zero attached hydrogens (tertiary/aromatic N) is 3. The summed E-state index contributed by atoms with van der Waals surface area (Å²) >= 11 is 0. The van der Waals surface area contributed by atoms with E-state index in [0.29, 0.717) is 17.0 Å². The van der Waals surface area contributed by atoms with Crippen LogP contribution in [0.2, 0.25) is 0 Å². The van der Waals surface area contributed by atoms with Crippen LogP contribution in [0.25, 0.3) is 11.3 Å². The minimum Gasteiger partial charge on any atom is -0.456 e. The molecular weight excluding hydrogens is 497 g/mol. The molecule has 1 aliphatic rings. The van der Waals surface area contributed by atoms with Gasteiger partial charge in [0, 0.05) is 49.6 Å². The van der Waals surface area contributed by atoms with Crippen LogP contribution in [-0.2, 0) is 0 Å². The van der Waals surface area contributed by atoms with E-state index in [1.54, 1.807) is 30.5 Å². The third kappa shape index (κ3) is 6.65. The number of halogens is 3. The van der Waals surface area contributed by atoms with Gasteiger partial charge in [0.1, 0.15) is 17.2 Å². The number of rotatable bonds is 7. The van der Waals surface area contributed by atoms with E-state index < -0.39 is 17.6 Å². The van der Waals surface area contributed by atoms with Crippen molar-refractivity contribution in [2.24, 2.45) is 0 Å². The Kier molecular flexibility index (Phi) is 9.05. The Morgan fingerprint density at radius 1 is 1.11 bits per heavy atom. The molecule has 0 saturated carbocycles. The molecule has 3 N–H and O–H groups in total. The summed E-state index contributed by atoms with van der Waals surface area (Å²) in [6.45, 7) is 7.52. The van der Waals surface area contributed by atoms with Crippen LogP contribution >= 0.6 is 0 Å². The molecule has 0 bridgehead atoms. The van der Waals surface area contributed by atoms with Gasteiger partial charge in [-0.1, -0.05) is 19.9 Å². The summed E-state index contributed by atoms with van der Waals surface area (Å²) in [5.41, 5.74) is 0.726. The standard InChI is InChI=1S/C25H25F3N6O2.C2H6/c1-14-8-15(4-5-19(14)24(35)33-16-12-34(3)13-16)20-9-17(6-7-31-20)36-18-10-21(30-2)22(32-11-18)23(29)25(26,27)28;1-2/h4-11,16,29-30H,12-13H2,1-3H3,(H,33,35);1-2H3. The Labute approximate surface area is 219 Å². The van der Waals surface area contributed by atoms with E-state index in [0.717, 1.165) is 30.4 Å². The van der Waals surface area contributed by atoms with Crippen molar-refractivity contribution in [1.82, 2.24) is 20.2 Å². The van der Waals surface area contributed by atoms with Crippen molar-refractivity contribution < 1.29 is 22.7 Å². The number of hydrogen-bond acceptors (Lipinski definition) is 7. The van der Waals surface area contributed by atoms with Crippen molar-refractivity contribution in [2.75, 3.05) is 32.5 Å². The van der Waals surface area contributed by atoms with Crippen LogP contribution < -0.4 is 15.4 Å². The Balaban J connectivity index is 0.00000195. The summed E-state index contributed by atoms with van der Waals surface area (Å²) in [6, 6.07) is 10.2. The number of carbonyl (C=O) groups excluding carboxylic acids is 1. The molecule has 0 unspecified atom stereocenters. The number of aromatic nitrogens is 2. The lowest BCUT2D eigenvalue weighted by Crippen LogP contribution is -2.57. The van der Waals surface area contributed by atoms with Gasteiger partial charge >= 0.3 is 6.18 Å². The lowest BCUT2D eigenvalue weighted by atomic mass is 10.0. The Hall–Kier alpha value is -3.99. The third-order valence-electron chi connectivity index (χ3n) is 5.79. The van der Waals surface area contributed by atoms with Gasteiger partial charge < -0.3 is 20.3 Å². The maximum absolute atomic E-state index is 12.9. The molecule has 0 spiro atoms. The van der Waals surface area contributed by atoms with Crippen LogP contribution in [0.15, 0.2) is 48.8 Å². The second-order valence-corrected chi connectivity index (χ2v) is 8.59. The maximum Gasteiger partial charge on any atom is 0.434 e. The third-order valence-corrected chi connectivity index (χ3v) is 5.79. The molecule has 1 aliphatic heterocycles. The van der Waals surface area contributed by atoms with Crippen molar-refractivity contribution in [3.8, 4) is 22.8 Å². The molecule has 1 aromatic carbocycles. The molecule has 2 aromatic heterocycles. The van der Waals surface area contributed by atoms with E-state index in [4.69, 9.17) is 10.1 Å². The van der Waals surface area contributed by atoms with E-state index in [2.05, 4.69) is 25.5 Å². The van der Waals surface area contributed by atoms with Crippen molar-refractivity contribution in [2.45, 2.75) is 33.0 Å². The minimum atomic E-state index is -4.82. The number of benzene rings is 1. The van der Waals surface area contributed by atoms with Crippen LogP contribution in [0.4, 0.5) is 18.9 Å². The van der Waals surface area contributed by atoms with Gasteiger partial charge in [-0.05, 0) is 37.7 Å². The van der Waals surface area contributed by atoms with E-state index in [-0.39, 0.29) is 23.4 Å². The van der Waals surface area contributed by atoms with Gasteiger partial charge in [0.25, 0.3) is 5.91 Å². The number of nitrogens with one attached hydrogen (secondary N) is 3. The average molecular weight is 529 g/mol. The topological polar surface area (TPSA) is 103 Å². The second-order valence-electron chi connectivity index (χ2n) is 8.59. The van der Waals surface area contributed by atoms with Crippen LogP contribution in [-0.4, -0.2) is 65.9 Å². The van der Waals surface area contributed by atoms with Gasteiger partial charge in [-0.3, -0.25) is 15.2 Å². The highest BCUT2D eigenvalue weighted by atomic mass is 19.4. The molecule has 0 radical (unpaired) electrons. The van der Waals surface area contributed by atoms with Gasteiger partial charge in [0.05, 0.1) is 23.6 Å². The quantitative estimate of drug-likeness (QED) is 0.360. The van der Waals surface area contributed by atoms with Gasteiger partial charge in [-0.15, -0.1) is 0 Å². The first kappa shape index (κ1) is 28.6. The minimum absolute atomic E-state index is 0.0159. The van der Waals surface area contributed by atoms with Crippen LogP contribution in [0.5, 0.6) is 11.5 Å². The molecule has 1 amide bonds. The SMILES string of the molecule is CC.CNc1cc(Oc2ccnc(-c3ccc(C(=O)NC4CN(C)C4)c(C)c3)c2)cnc1C(=N)C(F)(F)F. The van der Waals surface area contributed by atoms with Crippen LogP contribution in [0.3, 0.4) is 0 Å². The molecule has 3 heterocycles. The lowest BCUT2D eigenvalue weighted by Gasteiger charge is -2.36. The molecule has 0 atom stereocenters. The molecule has 4 rings (SSSR count). The smallest absolute Gasteiger partial charge is 0.434 e. The van der Waals surface area contributed by atoms with Crippen LogP contribution in [0, 0.1) is 12.3 Å². The van der Waals surface area contributed by atoms with Crippen molar-refractivity contribution in [3.05, 3.63) is 65.6 Å². The Bertz CT molecular complexity index is 1310. The van der Waals surface area contributed by atoms with E-state index in [9.17, 15) is 18.0 Å². The Morgan fingerprint density at radius 3 is 2.42 bits per heavy atom. The molecule has 8 nitrogen and oxygen atoms in total. The first-order valence-electron chi connectivity index (χ1n) is 12.1. The number of aryl methyl sites for hydroxylation is 1. The fourth-order valence-electron chi connectivity index (χ4n) is 3.93. The number of carbonyl (C=O) groups is 1.